The molecule has 0 aromatic heterocycles. The summed E-state index contributed by atoms with van der Waals surface area (Å²) in [6.07, 6.45) is 0. The van der Waals surface area contributed by atoms with Gasteiger partial charge in [-0.25, -0.2) is 0 Å². The quantitative estimate of drug-likeness (QED) is 0.326. The summed E-state index contributed by atoms with van der Waals surface area (Å²) in [4.78, 5) is 0. The van der Waals surface area contributed by atoms with E-state index in [0.29, 0.717) is 0 Å². The Morgan fingerprint density at radius 2 is 0.500 bits per heavy atom. The van der Waals surface area contributed by atoms with Gasteiger partial charge in [0.05, 0.1) is 0 Å². The van der Waals surface area contributed by atoms with Crippen LogP contribution in [0, 0.1) is 0 Å². The van der Waals surface area contributed by atoms with Gasteiger partial charge in [-0.05, 0) is 0 Å². The standard InChI is InChI=1S/4BrH.Na.Ru/h4*1H;;/q;;;;+1;+3/p-4. The summed E-state index contributed by atoms with van der Waals surface area (Å²) in [5.74, 6) is 0. The molecular weight excluding hydrogens is 444 g/mol. The first-order valence-electron chi connectivity index (χ1n) is 0. The first-order chi connectivity index (χ1) is 0. The van der Waals surface area contributed by atoms with Gasteiger partial charge >= 0.3 is 49.0 Å². The van der Waals surface area contributed by atoms with E-state index in [1.54, 1.807) is 0 Å². The molecule has 0 unspecified atom stereocenters. The molecule has 6 heavy (non-hydrogen) atoms. The average molecular weight is 444 g/mol. The molecule has 0 spiro atoms. The molecule has 0 heterocycles. The average Bonchev–Trinajstić information content (AvgIpc) is 0. The van der Waals surface area contributed by atoms with Crippen LogP contribution in [0.25, 0.3) is 0 Å². The molecule has 0 rings (SSSR count). The Bertz CT molecular complexity index is 7.51. The third kappa shape index (κ3) is 25.7. The van der Waals surface area contributed by atoms with Crippen LogP contribution in [0.1, 0.15) is 0 Å². The van der Waals surface area contributed by atoms with E-state index in [9.17, 15) is 0 Å². The van der Waals surface area contributed by atoms with E-state index in [2.05, 4.69) is 0 Å². The van der Waals surface area contributed by atoms with E-state index >= 15 is 0 Å². The molecule has 0 fully saturated rings. The molecule has 1 radical (unpaired) electrons. The topological polar surface area (TPSA) is 0 Å². The third-order valence-corrected chi connectivity index (χ3v) is 0. The molecule has 0 saturated carbocycles. The fourth-order valence-electron chi connectivity index (χ4n) is 0. The minimum atomic E-state index is 0. The van der Waals surface area contributed by atoms with Gasteiger partial charge in [-0.2, -0.15) is 0 Å². The van der Waals surface area contributed by atoms with Gasteiger partial charge < -0.3 is 67.9 Å². The Kier molecular flexibility index (Phi) is 358. The van der Waals surface area contributed by atoms with Gasteiger partial charge in [-0.3, -0.25) is 0 Å². The zero-order valence-electron chi connectivity index (χ0n) is 2.87. The summed E-state index contributed by atoms with van der Waals surface area (Å²) in [5, 5.41) is 0. The molecule has 0 aliphatic carbocycles. The van der Waals surface area contributed by atoms with Crippen molar-refractivity contribution in [2.24, 2.45) is 0 Å². The minimum Gasteiger partial charge on any atom is -1.00 e. The van der Waals surface area contributed by atoms with Crippen LogP contribution in [0.4, 0.5) is 0 Å². The second-order valence-electron chi connectivity index (χ2n) is 0. The third-order valence-electron chi connectivity index (χ3n) is 0. The summed E-state index contributed by atoms with van der Waals surface area (Å²) >= 11 is 0. The van der Waals surface area contributed by atoms with Crippen molar-refractivity contribution < 1.29 is 117 Å². The first-order valence-corrected chi connectivity index (χ1v) is 0. The van der Waals surface area contributed by atoms with Crippen LogP contribution in [0.15, 0.2) is 0 Å². The van der Waals surface area contributed by atoms with Gasteiger partial charge in [-0.15, -0.1) is 0 Å². The Morgan fingerprint density at radius 3 is 0.500 bits per heavy atom. The van der Waals surface area contributed by atoms with Crippen molar-refractivity contribution in [3.63, 3.8) is 0 Å². The molecule has 0 bridgehead atoms. The fraction of sp³-hybridized carbons (Fsp3) is 0. The monoisotopic (exact) mass is 441 g/mol. The Morgan fingerprint density at radius 1 is 0.500 bits per heavy atom. The van der Waals surface area contributed by atoms with E-state index in [0.717, 1.165) is 0 Å². The number of hydrogen-bond acceptors (Lipinski definition) is 0. The largest absolute Gasteiger partial charge is 3.00 e. The van der Waals surface area contributed by atoms with Gasteiger partial charge in [0.25, 0.3) is 0 Å². The van der Waals surface area contributed by atoms with Gasteiger partial charge in [-0.1, -0.05) is 0 Å². The van der Waals surface area contributed by atoms with Crippen LogP contribution in [0.3, 0.4) is 0 Å². The van der Waals surface area contributed by atoms with Gasteiger partial charge in [0, 0.05) is 0 Å². The molecule has 0 saturated heterocycles. The second-order valence-corrected chi connectivity index (χ2v) is 0. The zero-order valence-corrected chi connectivity index (χ0v) is 12.9. The van der Waals surface area contributed by atoms with Crippen molar-refractivity contribution in [2.75, 3.05) is 0 Å². The molecule has 0 aliphatic rings. The van der Waals surface area contributed by atoms with Crippen LogP contribution in [-0.4, -0.2) is 0 Å². The van der Waals surface area contributed by atoms with Crippen molar-refractivity contribution in [2.45, 2.75) is 0 Å². The van der Waals surface area contributed by atoms with Crippen LogP contribution in [0.2, 0.25) is 0 Å². The van der Waals surface area contributed by atoms with Crippen LogP contribution < -0.4 is 97.5 Å². The molecule has 0 atom stereocenters. The molecule has 0 N–H and O–H groups in total. The molecule has 0 aromatic rings. The van der Waals surface area contributed by atoms with Crippen LogP contribution in [0.5, 0.6) is 0 Å². The van der Waals surface area contributed by atoms with Crippen LogP contribution >= 0.6 is 0 Å². The molecule has 37 valence electrons. The van der Waals surface area contributed by atoms with Crippen molar-refractivity contribution in [1.29, 1.82) is 0 Å². The van der Waals surface area contributed by atoms with Gasteiger partial charge in [0.1, 0.15) is 0 Å². The summed E-state index contributed by atoms with van der Waals surface area (Å²) in [6, 6.07) is 0. The maximum absolute atomic E-state index is 0. The first kappa shape index (κ1) is 55.5. The second kappa shape index (κ2) is 38.7. The van der Waals surface area contributed by atoms with E-state index in [-0.39, 0.29) is 117 Å². The molecule has 0 amide bonds. The molecule has 0 aliphatic heterocycles. The Balaban J connectivity index is 0. The number of halogens is 4. The van der Waals surface area contributed by atoms with Gasteiger partial charge in [0.15, 0.2) is 0 Å². The van der Waals surface area contributed by atoms with Crippen molar-refractivity contribution >= 4 is 0 Å². The maximum atomic E-state index is 0. The number of hydrogen-bond donors (Lipinski definition) is 0. The fourth-order valence-corrected chi connectivity index (χ4v) is 0. The summed E-state index contributed by atoms with van der Waals surface area (Å²) in [7, 11) is 0. The maximum Gasteiger partial charge on any atom is 3.00 e. The van der Waals surface area contributed by atoms with E-state index < -0.39 is 0 Å². The predicted molar refractivity (Wildman–Crippen MR) is 0 cm³/mol. The summed E-state index contributed by atoms with van der Waals surface area (Å²) in [6.45, 7) is 0. The van der Waals surface area contributed by atoms with Crippen molar-refractivity contribution in [3.05, 3.63) is 0 Å². The summed E-state index contributed by atoms with van der Waals surface area (Å²) in [5.41, 5.74) is 0. The molecule has 0 nitrogen and oxygen atoms in total. The molecule has 0 aromatic carbocycles. The van der Waals surface area contributed by atoms with Crippen molar-refractivity contribution in [3.8, 4) is 0 Å². The molecule has 6 heteroatoms. The summed E-state index contributed by atoms with van der Waals surface area (Å²) < 4.78 is 0. The van der Waals surface area contributed by atoms with E-state index in [1.165, 1.54) is 0 Å². The normalized spacial score (nSPS) is 0. The predicted octanol–water partition coefficient (Wildman–Crippen LogP) is -15.0. The Hall–Kier alpha value is 3.54. The Labute approximate surface area is 115 Å². The van der Waals surface area contributed by atoms with Crippen LogP contribution in [-0.2, 0) is 19.5 Å². The van der Waals surface area contributed by atoms with E-state index in [4.69, 9.17) is 0 Å². The van der Waals surface area contributed by atoms with Crippen molar-refractivity contribution in [1.82, 2.24) is 0 Å². The SMILES string of the molecule is [Br-].[Br-].[Br-].[Br-].[Na+].[Ru+3]. The molecular formula is Br4NaRu. The zero-order chi connectivity index (χ0) is 0. The minimum absolute atomic E-state index is 0. The number of rotatable bonds is 0. The van der Waals surface area contributed by atoms with Gasteiger partial charge in [0.2, 0.25) is 0 Å². The smallest absolute Gasteiger partial charge is 1.00 e. The van der Waals surface area contributed by atoms with E-state index in [1.807, 2.05) is 0 Å².